The molecule has 1 aromatic heterocycles. The van der Waals surface area contributed by atoms with Crippen molar-refractivity contribution in [3.05, 3.63) is 18.7 Å². The molecule has 3 N–H and O–H groups in total. The third-order valence-electron chi connectivity index (χ3n) is 5.22. The van der Waals surface area contributed by atoms with Crippen molar-refractivity contribution in [3.8, 4) is 0 Å². The van der Waals surface area contributed by atoms with Crippen LogP contribution in [0.2, 0.25) is 0 Å². The van der Waals surface area contributed by atoms with Gasteiger partial charge in [0.15, 0.2) is 0 Å². The number of aromatic nitrogens is 2. The Morgan fingerprint density at radius 2 is 2.00 bits per heavy atom. The normalized spacial score (nSPS) is 30.5. The van der Waals surface area contributed by atoms with Crippen LogP contribution in [0.5, 0.6) is 0 Å². The molecule has 5 nitrogen and oxygen atoms in total. The molecular weight excluding hydrogens is 335 g/mol. The van der Waals surface area contributed by atoms with E-state index in [1.807, 2.05) is 17.7 Å². The van der Waals surface area contributed by atoms with Crippen molar-refractivity contribution in [2.45, 2.75) is 57.7 Å². The molecular formula is C16H28Cl2N4O. The van der Waals surface area contributed by atoms with E-state index in [-0.39, 0.29) is 42.7 Å². The predicted molar refractivity (Wildman–Crippen MR) is 95.9 cm³/mol. The number of nitrogens with two attached hydrogens (primary N) is 1. The monoisotopic (exact) mass is 362 g/mol. The van der Waals surface area contributed by atoms with Crippen molar-refractivity contribution in [2.24, 2.45) is 23.5 Å². The summed E-state index contributed by atoms with van der Waals surface area (Å²) in [6.07, 6.45) is 11.1. The maximum absolute atomic E-state index is 12.5. The molecule has 0 saturated heterocycles. The fourth-order valence-electron chi connectivity index (χ4n) is 4.12. The second kappa shape index (κ2) is 8.90. The van der Waals surface area contributed by atoms with Crippen LogP contribution >= 0.6 is 24.8 Å². The zero-order valence-corrected chi connectivity index (χ0v) is 15.2. The zero-order valence-electron chi connectivity index (χ0n) is 13.6. The molecule has 7 heteroatoms. The molecule has 1 amide bonds. The molecule has 0 aliphatic heterocycles. The van der Waals surface area contributed by atoms with Crippen LogP contribution in [0.25, 0.3) is 0 Å². The molecule has 3 atom stereocenters. The Labute approximate surface area is 150 Å². The minimum absolute atomic E-state index is 0. The lowest BCUT2D eigenvalue weighted by Gasteiger charge is -2.43. The van der Waals surface area contributed by atoms with Crippen LogP contribution in [0.1, 0.15) is 39.0 Å². The van der Waals surface area contributed by atoms with E-state index in [0.29, 0.717) is 17.9 Å². The number of imidazole rings is 1. The highest BCUT2D eigenvalue weighted by Gasteiger charge is 2.40. The fraction of sp³-hybridized carbons (Fsp3) is 0.750. The van der Waals surface area contributed by atoms with Gasteiger partial charge in [-0.15, -0.1) is 24.8 Å². The first kappa shape index (κ1) is 20.3. The van der Waals surface area contributed by atoms with Crippen molar-refractivity contribution in [1.29, 1.82) is 0 Å². The summed E-state index contributed by atoms with van der Waals surface area (Å²) in [5.74, 6) is 1.48. The largest absolute Gasteiger partial charge is 0.352 e. The van der Waals surface area contributed by atoms with Gasteiger partial charge >= 0.3 is 0 Å². The van der Waals surface area contributed by atoms with E-state index < -0.39 is 0 Å². The van der Waals surface area contributed by atoms with E-state index in [4.69, 9.17) is 5.73 Å². The number of halogens is 2. The second-order valence-electron chi connectivity index (χ2n) is 6.87. The molecule has 2 saturated carbocycles. The van der Waals surface area contributed by atoms with Crippen molar-refractivity contribution in [1.82, 2.24) is 14.9 Å². The molecule has 2 fully saturated rings. The first-order valence-corrected chi connectivity index (χ1v) is 8.15. The van der Waals surface area contributed by atoms with Gasteiger partial charge in [0.05, 0.1) is 6.33 Å². The van der Waals surface area contributed by atoms with Crippen molar-refractivity contribution < 1.29 is 4.79 Å². The quantitative estimate of drug-likeness (QED) is 0.863. The summed E-state index contributed by atoms with van der Waals surface area (Å²) in [6.45, 7) is 2.82. The number of nitrogens with zero attached hydrogens (tertiary/aromatic N) is 2. The number of rotatable bonds is 4. The number of fused-ring (bicyclic) bond motifs is 2. The molecule has 1 heterocycles. The molecule has 2 aliphatic rings. The molecule has 0 aromatic carbocycles. The molecule has 2 aliphatic carbocycles. The Kier molecular flexibility index (Phi) is 7.84. The summed E-state index contributed by atoms with van der Waals surface area (Å²) in [5, 5.41) is 3.16. The summed E-state index contributed by atoms with van der Waals surface area (Å²) in [4.78, 5) is 16.5. The van der Waals surface area contributed by atoms with E-state index in [9.17, 15) is 4.79 Å². The smallest absolute Gasteiger partial charge is 0.223 e. The lowest BCUT2D eigenvalue weighted by molar-refractivity contribution is -0.128. The second-order valence-corrected chi connectivity index (χ2v) is 6.87. The van der Waals surface area contributed by atoms with Gasteiger partial charge in [-0.3, -0.25) is 4.79 Å². The topological polar surface area (TPSA) is 72.9 Å². The van der Waals surface area contributed by atoms with Gasteiger partial charge in [0.25, 0.3) is 0 Å². The number of carbonyl (C=O) groups is 1. The van der Waals surface area contributed by atoms with E-state index in [2.05, 4.69) is 10.3 Å². The maximum Gasteiger partial charge on any atom is 0.223 e. The van der Waals surface area contributed by atoms with Crippen LogP contribution in [0.4, 0.5) is 0 Å². The van der Waals surface area contributed by atoms with Crippen LogP contribution in [-0.4, -0.2) is 27.5 Å². The molecule has 3 unspecified atom stereocenters. The highest BCUT2D eigenvalue weighted by Crippen LogP contribution is 2.41. The van der Waals surface area contributed by atoms with Crippen molar-refractivity contribution in [3.63, 3.8) is 0 Å². The van der Waals surface area contributed by atoms with Gasteiger partial charge in [0.1, 0.15) is 0 Å². The number of carbonyl (C=O) groups excluding carboxylic acids is 1. The van der Waals surface area contributed by atoms with Gasteiger partial charge in [0.2, 0.25) is 5.91 Å². The van der Waals surface area contributed by atoms with Gasteiger partial charge in [-0.1, -0.05) is 6.42 Å². The summed E-state index contributed by atoms with van der Waals surface area (Å²) in [5.41, 5.74) is 6.30. The van der Waals surface area contributed by atoms with Gasteiger partial charge in [-0.25, -0.2) is 4.98 Å². The highest BCUT2D eigenvalue weighted by atomic mass is 35.5. The summed E-state index contributed by atoms with van der Waals surface area (Å²) < 4.78 is 2.00. The average Bonchev–Trinajstić information content (AvgIpc) is 2.90. The van der Waals surface area contributed by atoms with Gasteiger partial charge in [-0.05, 0) is 44.4 Å². The SMILES string of the molecule is CC(Cn1ccnc1)NC(=O)C1CC2CCCC(C1)C2N.Cl.Cl. The number of amides is 1. The van der Waals surface area contributed by atoms with E-state index >= 15 is 0 Å². The summed E-state index contributed by atoms with van der Waals surface area (Å²) in [6, 6.07) is 0.452. The molecule has 23 heavy (non-hydrogen) atoms. The Bertz CT molecular complexity index is 468. The Morgan fingerprint density at radius 3 is 2.57 bits per heavy atom. The first-order chi connectivity index (χ1) is 10.1. The maximum atomic E-state index is 12.5. The highest BCUT2D eigenvalue weighted by molar-refractivity contribution is 5.85. The van der Waals surface area contributed by atoms with Crippen LogP contribution in [-0.2, 0) is 11.3 Å². The van der Waals surface area contributed by atoms with Gasteiger partial charge in [0, 0.05) is 36.9 Å². The molecule has 0 spiro atoms. The minimum Gasteiger partial charge on any atom is -0.352 e. The fourth-order valence-corrected chi connectivity index (χ4v) is 4.12. The Morgan fingerprint density at radius 1 is 1.35 bits per heavy atom. The zero-order chi connectivity index (χ0) is 14.8. The van der Waals surface area contributed by atoms with Crippen LogP contribution < -0.4 is 11.1 Å². The number of hydrogen-bond donors (Lipinski definition) is 2. The number of hydrogen-bond acceptors (Lipinski definition) is 3. The van der Waals surface area contributed by atoms with Gasteiger partial charge in [-0.2, -0.15) is 0 Å². The molecule has 1 aromatic rings. The van der Waals surface area contributed by atoms with Crippen LogP contribution in [0.15, 0.2) is 18.7 Å². The van der Waals surface area contributed by atoms with Gasteiger partial charge < -0.3 is 15.6 Å². The third kappa shape index (κ3) is 4.85. The average molecular weight is 363 g/mol. The predicted octanol–water partition coefficient (Wildman–Crippen LogP) is 2.38. The standard InChI is InChI=1S/C16H26N4O.2ClH/c1-11(9-20-6-5-18-10-20)19-16(21)14-7-12-3-2-4-13(8-14)15(12)17;;/h5-6,10-15H,2-4,7-9,17H2,1H3,(H,19,21);2*1H. The van der Waals surface area contributed by atoms with E-state index in [0.717, 1.165) is 19.4 Å². The molecule has 2 bridgehead atoms. The number of nitrogens with one attached hydrogen (secondary N) is 1. The van der Waals surface area contributed by atoms with Crippen LogP contribution in [0, 0.1) is 17.8 Å². The lowest BCUT2D eigenvalue weighted by Crippen LogP contribution is -2.50. The molecule has 0 radical (unpaired) electrons. The summed E-state index contributed by atoms with van der Waals surface area (Å²) in [7, 11) is 0. The minimum atomic E-state index is 0. The van der Waals surface area contributed by atoms with Crippen molar-refractivity contribution >= 4 is 30.7 Å². The Hall–Kier alpha value is -0.780. The summed E-state index contributed by atoms with van der Waals surface area (Å²) >= 11 is 0. The molecule has 132 valence electrons. The Balaban J connectivity index is 0.00000132. The first-order valence-electron chi connectivity index (χ1n) is 8.15. The van der Waals surface area contributed by atoms with Crippen LogP contribution in [0.3, 0.4) is 0 Å². The molecule has 3 rings (SSSR count). The van der Waals surface area contributed by atoms with E-state index in [1.54, 1.807) is 12.5 Å². The van der Waals surface area contributed by atoms with E-state index in [1.165, 1.54) is 19.3 Å². The third-order valence-corrected chi connectivity index (χ3v) is 5.22. The lowest BCUT2D eigenvalue weighted by atomic mass is 9.65. The van der Waals surface area contributed by atoms with Crippen molar-refractivity contribution in [2.75, 3.05) is 0 Å².